The molecular formula is C12H19N3O3S. The lowest BCUT2D eigenvalue weighted by atomic mass is 10.2. The third-order valence-electron chi connectivity index (χ3n) is 2.92. The van der Waals surface area contributed by atoms with Crippen LogP contribution in [0.5, 0.6) is 0 Å². The number of hydrogen-bond acceptors (Lipinski definition) is 5. The Morgan fingerprint density at radius 1 is 1.53 bits per heavy atom. The van der Waals surface area contributed by atoms with E-state index >= 15 is 0 Å². The maximum absolute atomic E-state index is 12.1. The second-order valence-electron chi connectivity index (χ2n) is 4.39. The highest BCUT2D eigenvalue weighted by Crippen LogP contribution is 2.14. The number of sulfonamides is 1. The first-order valence-electron chi connectivity index (χ1n) is 6.43. The summed E-state index contributed by atoms with van der Waals surface area (Å²) >= 11 is 0. The number of hydrogen-bond donors (Lipinski definition) is 2. The SMILES string of the molecule is CCNc1cc(S(=O)(=O)NCC2CCCO2)ccn1. The highest BCUT2D eigenvalue weighted by Gasteiger charge is 2.20. The molecule has 1 aromatic heterocycles. The predicted octanol–water partition coefficient (Wildman–Crippen LogP) is 0.971. The van der Waals surface area contributed by atoms with E-state index in [4.69, 9.17) is 4.74 Å². The summed E-state index contributed by atoms with van der Waals surface area (Å²) in [5.41, 5.74) is 0. The molecule has 106 valence electrons. The van der Waals surface area contributed by atoms with Gasteiger partial charge in [0, 0.05) is 32.0 Å². The second-order valence-corrected chi connectivity index (χ2v) is 6.16. The van der Waals surface area contributed by atoms with Crippen molar-refractivity contribution < 1.29 is 13.2 Å². The summed E-state index contributed by atoms with van der Waals surface area (Å²) in [5.74, 6) is 0.558. The van der Waals surface area contributed by atoms with E-state index in [2.05, 4.69) is 15.0 Å². The van der Waals surface area contributed by atoms with Gasteiger partial charge in [-0.2, -0.15) is 0 Å². The minimum absolute atomic E-state index is 0.00940. The summed E-state index contributed by atoms with van der Waals surface area (Å²) in [6, 6.07) is 3.01. The lowest BCUT2D eigenvalue weighted by molar-refractivity contribution is 0.114. The first-order chi connectivity index (χ1) is 9.12. The molecule has 0 radical (unpaired) electrons. The van der Waals surface area contributed by atoms with Crippen LogP contribution < -0.4 is 10.0 Å². The smallest absolute Gasteiger partial charge is 0.240 e. The van der Waals surface area contributed by atoms with Gasteiger partial charge < -0.3 is 10.1 Å². The maximum Gasteiger partial charge on any atom is 0.240 e. The first-order valence-corrected chi connectivity index (χ1v) is 7.91. The van der Waals surface area contributed by atoms with Crippen molar-refractivity contribution >= 4 is 15.8 Å². The van der Waals surface area contributed by atoms with Crippen LogP contribution >= 0.6 is 0 Å². The zero-order valence-corrected chi connectivity index (χ0v) is 11.7. The Labute approximate surface area is 113 Å². The molecule has 1 aliphatic heterocycles. The Kier molecular flexibility index (Phi) is 4.73. The number of anilines is 1. The van der Waals surface area contributed by atoms with Gasteiger partial charge in [-0.15, -0.1) is 0 Å². The molecule has 1 unspecified atom stereocenters. The summed E-state index contributed by atoms with van der Waals surface area (Å²) in [6.07, 6.45) is 3.37. The van der Waals surface area contributed by atoms with E-state index in [1.54, 1.807) is 0 Å². The molecule has 0 bridgehead atoms. The number of nitrogens with zero attached hydrogens (tertiary/aromatic N) is 1. The van der Waals surface area contributed by atoms with Crippen molar-refractivity contribution in [1.29, 1.82) is 0 Å². The molecular weight excluding hydrogens is 266 g/mol. The van der Waals surface area contributed by atoms with Crippen LogP contribution in [0.3, 0.4) is 0 Å². The molecule has 1 aromatic rings. The van der Waals surface area contributed by atoms with E-state index in [0.717, 1.165) is 12.8 Å². The van der Waals surface area contributed by atoms with Gasteiger partial charge in [0.25, 0.3) is 0 Å². The van der Waals surface area contributed by atoms with Crippen molar-refractivity contribution in [1.82, 2.24) is 9.71 Å². The maximum atomic E-state index is 12.1. The van der Waals surface area contributed by atoms with E-state index < -0.39 is 10.0 Å². The Hall–Kier alpha value is -1.18. The van der Waals surface area contributed by atoms with Gasteiger partial charge in [-0.3, -0.25) is 0 Å². The van der Waals surface area contributed by atoms with Crippen LogP contribution in [0.15, 0.2) is 23.2 Å². The predicted molar refractivity (Wildman–Crippen MR) is 72.6 cm³/mol. The van der Waals surface area contributed by atoms with E-state index in [1.165, 1.54) is 18.3 Å². The summed E-state index contributed by atoms with van der Waals surface area (Å²) in [4.78, 5) is 4.27. The van der Waals surface area contributed by atoms with Crippen LogP contribution in [0.25, 0.3) is 0 Å². The van der Waals surface area contributed by atoms with Crippen LogP contribution in [0.4, 0.5) is 5.82 Å². The third kappa shape index (κ3) is 3.89. The van der Waals surface area contributed by atoms with Crippen LogP contribution in [0.2, 0.25) is 0 Å². The zero-order chi connectivity index (χ0) is 13.7. The number of rotatable bonds is 6. The average molecular weight is 285 g/mol. The summed E-state index contributed by atoms with van der Waals surface area (Å²) < 4.78 is 32.2. The van der Waals surface area contributed by atoms with Crippen molar-refractivity contribution in [3.8, 4) is 0 Å². The molecule has 2 rings (SSSR count). The number of pyridine rings is 1. The molecule has 1 aliphatic rings. The molecule has 0 saturated carbocycles. The molecule has 0 amide bonds. The number of nitrogens with one attached hydrogen (secondary N) is 2. The quantitative estimate of drug-likeness (QED) is 0.814. The molecule has 0 aromatic carbocycles. The number of aromatic nitrogens is 1. The van der Waals surface area contributed by atoms with Crippen molar-refractivity contribution in [3.63, 3.8) is 0 Å². The van der Waals surface area contributed by atoms with Crippen molar-refractivity contribution in [2.24, 2.45) is 0 Å². The van der Waals surface area contributed by atoms with Gasteiger partial charge >= 0.3 is 0 Å². The first kappa shape index (κ1) is 14.2. The second kappa shape index (κ2) is 6.31. The standard InChI is InChI=1S/C12H19N3O3S/c1-2-13-12-8-11(5-6-14-12)19(16,17)15-9-10-4-3-7-18-10/h5-6,8,10,15H,2-4,7,9H2,1H3,(H,13,14). The van der Waals surface area contributed by atoms with Crippen molar-refractivity contribution in [3.05, 3.63) is 18.3 Å². The van der Waals surface area contributed by atoms with Gasteiger partial charge in [0.2, 0.25) is 10.0 Å². The van der Waals surface area contributed by atoms with E-state index in [-0.39, 0.29) is 11.0 Å². The van der Waals surface area contributed by atoms with E-state index in [0.29, 0.717) is 25.5 Å². The Bertz CT molecular complexity index is 513. The molecule has 6 nitrogen and oxygen atoms in total. The summed E-state index contributed by atoms with van der Waals surface area (Å²) in [6.45, 7) is 3.66. The topological polar surface area (TPSA) is 80.3 Å². The lowest BCUT2D eigenvalue weighted by Gasteiger charge is -2.12. The number of ether oxygens (including phenoxy) is 1. The Morgan fingerprint density at radius 2 is 2.37 bits per heavy atom. The van der Waals surface area contributed by atoms with Gasteiger partial charge in [-0.05, 0) is 25.8 Å². The summed E-state index contributed by atoms with van der Waals surface area (Å²) in [5, 5.41) is 2.99. The van der Waals surface area contributed by atoms with E-state index in [1.807, 2.05) is 6.92 Å². The van der Waals surface area contributed by atoms with Crippen LogP contribution in [0, 0.1) is 0 Å². The minimum atomic E-state index is -3.50. The highest BCUT2D eigenvalue weighted by atomic mass is 32.2. The molecule has 1 atom stereocenters. The van der Waals surface area contributed by atoms with Gasteiger partial charge in [-0.1, -0.05) is 0 Å². The van der Waals surface area contributed by atoms with Gasteiger partial charge in [-0.25, -0.2) is 18.1 Å². The molecule has 0 aliphatic carbocycles. The largest absolute Gasteiger partial charge is 0.377 e. The Morgan fingerprint density at radius 3 is 3.05 bits per heavy atom. The molecule has 2 N–H and O–H groups in total. The lowest BCUT2D eigenvalue weighted by Crippen LogP contribution is -2.31. The van der Waals surface area contributed by atoms with Crippen LogP contribution in [-0.4, -0.2) is 39.2 Å². The minimum Gasteiger partial charge on any atom is -0.377 e. The molecule has 7 heteroatoms. The normalized spacial score (nSPS) is 19.5. The van der Waals surface area contributed by atoms with Crippen LogP contribution in [-0.2, 0) is 14.8 Å². The summed E-state index contributed by atoms with van der Waals surface area (Å²) in [7, 11) is -3.50. The molecule has 0 spiro atoms. The molecule has 1 fully saturated rings. The highest BCUT2D eigenvalue weighted by molar-refractivity contribution is 7.89. The fraction of sp³-hybridized carbons (Fsp3) is 0.583. The third-order valence-corrected chi connectivity index (χ3v) is 4.35. The monoisotopic (exact) mass is 285 g/mol. The average Bonchev–Trinajstić information content (AvgIpc) is 2.90. The zero-order valence-electron chi connectivity index (χ0n) is 10.9. The molecule has 1 saturated heterocycles. The van der Waals surface area contributed by atoms with E-state index in [9.17, 15) is 8.42 Å². The van der Waals surface area contributed by atoms with Gasteiger partial charge in [0.05, 0.1) is 11.0 Å². The molecule has 2 heterocycles. The van der Waals surface area contributed by atoms with Crippen molar-refractivity contribution in [2.45, 2.75) is 30.8 Å². The fourth-order valence-electron chi connectivity index (χ4n) is 1.95. The Balaban J connectivity index is 2.03. The molecule has 19 heavy (non-hydrogen) atoms. The van der Waals surface area contributed by atoms with Gasteiger partial charge in [0.1, 0.15) is 5.82 Å². The fourth-order valence-corrected chi connectivity index (χ4v) is 3.03. The van der Waals surface area contributed by atoms with Crippen molar-refractivity contribution in [2.75, 3.05) is 25.0 Å². The van der Waals surface area contributed by atoms with Crippen LogP contribution in [0.1, 0.15) is 19.8 Å². The van der Waals surface area contributed by atoms with Gasteiger partial charge in [0.15, 0.2) is 0 Å².